The van der Waals surface area contributed by atoms with Crippen molar-refractivity contribution in [3.05, 3.63) is 83.4 Å². The Morgan fingerprint density at radius 2 is 2.07 bits per heavy atom. The van der Waals surface area contributed by atoms with E-state index in [1.807, 2.05) is 18.2 Å². The first kappa shape index (κ1) is 19.3. The zero-order valence-electron chi connectivity index (χ0n) is 15.7. The SMILES string of the molecule is OC(O)c1ccncc1NC[C@H]1NCCc2cc(Oc3ccccc3F)ccc21. The molecule has 1 aliphatic rings. The van der Waals surface area contributed by atoms with E-state index in [1.54, 1.807) is 30.5 Å². The normalized spacial score (nSPS) is 15.8. The largest absolute Gasteiger partial charge is 0.454 e. The van der Waals surface area contributed by atoms with Crippen molar-refractivity contribution in [2.24, 2.45) is 0 Å². The van der Waals surface area contributed by atoms with Crippen LogP contribution < -0.4 is 15.4 Å². The molecular weight excluding hydrogens is 373 g/mol. The maximum atomic E-state index is 13.8. The minimum absolute atomic E-state index is 0.0325. The second-order valence-corrected chi connectivity index (χ2v) is 6.87. The van der Waals surface area contributed by atoms with Crippen LogP contribution in [0.25, 0.3) is 0 Å². The number of hydrogen-bond donors (Lipinski definition) is 4. The number of ether oxygens (including phenoxy) is 1. The van der Waals surface area contributed by atoms with Gasteiger partial charge in [0.15, 0.2) is 17.9 Å². The lowest BCUT2D eigenvalue weighted by Crippen LogP contribution is -2.34. The Labute approximate surface area is 168 Å². The number of halogens is 1. The molecule has 0 bridgehead atoms. The summed E-state index contributed by atoms with van der Waals surface area (Å²) in [6.45, 7) is 1.34. The fraction of sp³-hybridized carbons (Fsp3) is 0.227. The first-order valence-electron chi connectivity index (χ1n) is 9.44. The quantitative estimate of drug-likeness (QED) is 0.479. The van der Waals surface area contributed by atoms with Gasteiger partial charge < -0.3 is 25.6 Å². The van der Waals surface area contributed by atoms with E-state index in [0.717, 1.165) is 24.1 Å². The smallest absolute Gasteiger partial charge is 0.180 e. The van der Waals surface area contributed by atoms with Crippen molar-refractivity contribution in [2.75, 3.05) is 18.4 Å². The molecule has 0 amide bonds. The molecule has 0 unspecified atom stereocenters. The van der Waals surface area contributed by atoms with Gasteiger partial charge >= 0.3 is 0 Å². The molecule has 29 heavy (non-hydrogen) atoms. The molecule has 1 aliphatic heterocycles. The average molecular weight is 395 g/mol. The zero-order chi connectivity index (χ0) is 20.2. The predicted octanol–water partition coefficient (Wildman–Crippen LogP) is 3.30. The minimum atomic E-state index is -1.56. The monoisotopic (exact) mass is 395 g/mol. The number of aliphatic hydroxyl groups is 2. The van der Waals surface area contributed by atoms with Crippen LogP contribution in [0.4, 0.5) is 10.1 Å². The second-order valence-electron chi connectivity index (χ2n) is 6.87. The predicted molar refractivity (Wildman–Crippen MR) is 107 cm³/mol. The molecular formula is C22H22FN3O3. The van der Waals surface area contributed by atoms with E-state index in [9.17, 15) is 14.6 Å². The van der Waals surface area contributed by atoms with Gasteiger partial charge in [-0.05, 0) is 54.4 Å². The van der Waals surface area contributed by atoms with E-state index < -0.39 is 12.1 Å². The standard InChI is InChI=1S/C22H22FN3O3/c23-18-3-1-2-4-21(18)29-15-5-6-16-14(11-15)7-10-25-20(16)13-26-19-12-24-9-8-17(19)22(27)28/h1-6,8-9,11-12,20,22,25-28H,7,10,13H2/t20-/m1/s1. The van der Waals surface area contributed by atoms with Crippen LogP contribution in [0.3, 0.4) is 0 Å². The van der Waals surface area contributed by atoms with Gasteiger partial charge in [-0.25, -0.2) is 4.39 Å². The van der Waals surface area contributed by atoms with Gasteiger partial charge in [-0.2, -0.15) is 0 Å². The Morgan fingerprint density at radius 3 is 2.90 bits per heavy atom. The lowest BCUT2D eigenvalue weighted by atomic mass is 9.94. The summed E-state index contributed by atoms with van der Waals surface area (Å²) >= 11 is 0. The maximum absolute atomic E-state index is 13.8. The third kappa shape index (κ3) is 4.37. The molecule has 0 spiro atoms. The van der Waals surface area contributed by atoms with Crippen molar-refractivity contribution in [1.29, 1.82) is 0 Å². The molecule has 150 valence electrons. The molecule has 0 aliphatic carbocycles. The number of aliphatic hydroxyl groups excluding tert-OH is 1. The first-order chi connectivity index (χ1) is 14.1. The maximum Gasteiger partial charge on any atom is 0.180 e. The van der Waals surface area contributed by atoms with Crippen LogP contribution in [0, 0.1) is 5.82 Å². The van der Waals surface area contributed by atoms with Crippen LogP contribution in [0.2, 0.25) is 0 Å². The van der Waals surface area contributed by atoms with E-state index >= 15 is 0 Å². The lowest BCUT2D eigenvalue weighted by Gasteiger charge is -2.28. The summed E-state index contributed by atoms with van der Waals surface area (Å²) in [4.78, 5) is 4.04. The molecule has 0 saturated carbocycles. The summed E-state index contributed by atoms with van der Waals surface area (Å²) in [5, 5.41) is 25.7. The van der Waals surface area contributed by atoms with E-state index in [2.05, 4.69) is 15.6 Å². The highest BCUT2D eigenvalue weighted by Crippen LogP contribution is 2.31. The number of para-hydroxylation sites is 1. The molecule has 7 heteroatoms. The van der Waals surface area contributed by atoms with E-state index in [1.165, 1.54) is 12.3 Å². The summed E-state index contributed by atoms with van der Waals surface area (Å²) in [6.07, 6.45) is 2.37. The lowest BCUT2D eigenvalue weighted by molar-refractivity contribution is -0.0419. The van der Waals surface area contributed by atoms with Gasteiger partial charge in [0, 0.05) is 24.3 Å². The highest BCUT2D eigenvalue weighted by molar-refractivity contribution is 5.50. The molecule has 4 rings (SSSR count). The topological polar surface area (TPSA) is 86.6 Å². The number of anilines is 1. The highest BCUT2D eigenvalue weighted by atomic mass is 19.1. The van der Waals surface area contributed by atoms with Crippen molar-refractivity contribution < 1.29 is 19.3 Å². The van der Waals surface area contributed by atoms with Crippen molar-refractivity contribution in [1.82, 2.24) is 10.3 Å². The Morgan fingerprint density at radius 1 is 1.21 bits per heavy atom. The molecule has 0 fully saturated rings. The summed E-state index contributed by atoms with van der Waals surface area (Å²) < 4.78 is 19.6. The molecule has 6 nitrogen and oxygen atoms in total. The van der Waals surface area contributed by atoms with Gasteiger partial charge in [0.1, 0.15) is 5.75 Å². The van der Waals surface area contributed by atoms with Crippen molar-refractivity contribution in [2.45, 2.75) is 18.8 Å². The summed E-state index contributed by atoms with van der Waals surface area (Å²) in [5.74, 6) is 0.402. The average Bonchev–Trinajstić information content (AvgIpc) is 2.74. The Hall–Kier alpha value is -3.00. The molecule has 3 aromatic rings. The molecule has 2 heterocycles. The molecule has 0 radical (unpaired) electrons. The van der Waals surface area contributed by atoms with Gasteiger partial charge in [0.05, 0.1) is 11.9 Å². The first-order valence-corrected chi connectivity index (χ1v) is 9.44. The molecule has 1 aromatic heterocycles. The van der Waals surface area contributed by atoms with Crippen LogP contribution in [-0.2, 0) is 6.42 Å². The van der Waals surface area contributed by atoms with Gasteiger partial charge in [0.2, 0.25) is 0 Å². The highest BCUT2D eigenvalue weighted by Gasteiger charge is 2.21. The number of pyridine rings is 1. The molecule has 0 saturated heterocycles. The number of aromatic nitrogens is 1. The fourth-order valence-electron chi connectivity index (χ4n) is 3.52. The van der Waals surface area contributed by atoms with Crippen LogP contribution >= 0.6 is 0 Å². The van der Waals surface area contributed by atoms with Crippen molar-refractivity contribution in [3.63, 3.8) is 0 Å². The fourth-order valence-corrected chi connectivity index (χ4v) is 3.52. The van der Waals surface area contributed by atoms with Crippen LogP contribution in [0.1, 0.15) is 29.0 Å². The third-order valence-electron chi connectivity index (χ3n) is 4.97. The van der Waals surface area contributed by atoms with Gasteiger partial charge in [-0.1, -0.05) is 18.2 Å². The second kappa shape index (κ2) is 8.57. The Balaban J connectivity index is 1.50. The summed E-state index contributed by atoms with van der Waals surface area (Å²) in [7, 11) is 0. The van der Waals surface area contributed by atoms with Crippen molar-refractivity contribution in [3.8, 4) is 11.5 Å². The molecule has 1 atom stereocenters. The Kier molecular flexibility index (Phi) is 5.71. The number of fused-ring (bicyclic) bond motifs is 1. The van der Waals surface area contributed by atoms with E-state index in [4.69, 9.17) is 4.74 Å². The summed E-state index contributed by atoms with van der Waals surface area (Å²) in [6, 6.07) is 13.7. The van der Waals surface area contributed by atoms with E-state index in [0.29, 0.717) is 23.5 Å². The number of benzene rings is 2. The zero-order valence-corrected chi connectivity index (χ0v) is 15.7. The van der Waals surface area contributed by atoms with Crippen LogP contribution in [0.15, 0.2) is 60.9 Å². The number of nitrogens with zero attached hydrogens (tertiary/aromatic N) is 1. The van der Waals surface area contributed by atoms with Crippen LogP contribution in [0.5, 0.6) is 11.5 Å². The number of hydrogen-bond acceptors (Lipinski definition) is 6. The summed E-state index contributed by atoms with van der Waals surface area (Å²) in [5.41, 5.74) is 3.22. The van der Waals surface area contributed by atoms with Gasteiger partial charge in [-0.15, -0.1) is 0 Å². The van der Waals surface area contributed by atoms with Gasteiger partial charge in [-0.3, -0.25) is 4.98 Å². The Bertz CT molecular complexity index is 997. The van der Waals surface area contributed by atoms with Crippen LogP contribution in [-0.4, -0.2) is 28.3 Å². The van der Waals surface area contributed by atoms with Gasteiger partial charge in [0.25, 0.3) is 0 Å². The molecule has 4 N–H and O–H groups in total. The molecule has 2 aromatic carbocycles. The number of nitrogens with one attached hydrogen (secondary N) is 2. The van der Waals surface area contributed by atoms with E-state index in [-0.39, 0.29) is 11.8 Å². The number of rotatable bonds is 6. The van der Waals surface area contributed by atoms with Crippen molar-refractivity contribution >= 4 is 5.69 Å². The third-order valence-corrected chi connectivity index (χ3v) is 4.97. The minimum Gasteiger partial charge on any atom is -0.454 e.